The Morgan fingerprint density at radius 2 is 2.04 bits per heavy atom. The number of aliphatic imine (C=N–C) groups is 1. The average Bonchev–Trinajstić information content (AvgIpc) is 3.06. The topological polar surface area (TPSA) is 76.0 Å². The number of anilines is 1. The van der Waals surface area contributed by atoms with Crippen molar-refractivity contribution in [1.29, 1.82) is 0 Å². The monoisotopic (exact) mass is 382 g/mol. The zero-order valence-corrected chi connectivity index (χ0v) is 16.0. The highest BCUT2D eigenvalue weighted by Gasteiger charge is 2.43. The highest BCUT2D eigenvalue weighted by atomic mass is 32.2. The van der Waals surface area contributed by atoms with Crippen LogP contribution in [0.1, 0.15) is 18.9 Å². The van der Waals surface area contributed by atoms with Gasteiger partial charge in [0, 0.05) is 17.5 Å². The van der Waals surface area contributed by atoms with Crippen molar-refractivity contribution in [3.63, 3.8) is 0 Å². The molecule has 2 aliphatic heterocycles. The van der Waals surface area contributed by atoms with Crippen LogP contribution in [0.2, 0.25) is 0 Å². The van der Waals surface area contributed by atoms with Crippen molar-refractivity contribution in [3.8, 4) is 0 Å². The standard InChI is InChI=1S/C17H22N2O4S2/c1-3-8-19(13-6-4-12(5-7-13)9-16(20)23-2)17-18-14-10-25(21,22)11-15(14)24-17/h4-7,14-15H,3,8-11H2,1-2H3/t14-,15+/m0/s1. The van der Waals surface area contributed by atoms with E-state index in [2.05, 4.69) is 21.6 Å². The van der Waals surface area contributed by atoms with Gasteiger partial charge in [-0.1, -0.05) is 30.8 Å². The van der Waals surface area contributed by atoms with E-state index in [0.29, 0.717) is 0 Å². The molecule has 0 aromatic heterocycles. The van der Waals surface area contributed by atoms with Gasteiger partial charge in [0.15, 0.2) is 15.0 Å². The Balaban J connectivity index is 1.77. The Kier molecular flexibility index (Phi) is 5.38. The van der Waals surface area contributed by atoms with Gasteiger partial charge in [0.1, 0.15) is 0 Å². The molecule has 6 nitrogen and oxygen atoms in total. The lowest BCUT2D eigenvalue weighted by molar-refractivity contribution is -0.139. The van der Waals surface area contributed by atoms with Gasteiger partial charge < -0.3 is 9.64 Å². The van der Waals surface area contributed by atoms with E-state index in [1.165, 1.54) is 7.11 Å². The van der Waals surface area contributed by atoms with Crippen LogP contribution in [0.3, 0.4) is 0 Å². The third kappa shape index (κ3) is 4.17. The lowest BCUT2D eigenvalue weighted by Gasteiger charge is -2.24. The number of methoxy groups -OCH3 is 1. The fourth-order valence-corrected chi connectivity index (χ4v) is 6.87. The van der Waals surface area contributed by atoms with Crippen LogP contribution in [0.15, 0.2) is 29.3 Å². The molecule has 1 aromatic rings. The molecule has 0 N–H and O–H groups in total. The predicted molar refractivity (Wildman–Crippen MR) is 101 cm³/mol. The largest absolute Gasteiger partial charge is 0.469 e. The summed E-state index contributed by atoms with van der Waals surface area (Å²) in [6, 6.07) is 7.66. The first-order chi connectivity index (χ1) is 11.9. The lowest BCUT2D eigenvalue weighted by Crippen LogP contribution is -2.29. The summed E-state index contributed by atoms with van der Waals surface area (Å²) in [6.45, 7) is 2.92. The minimum Gasteiger partial charge on any atom is -0.469 e. The average molecular weight is 383 g/mol. The Morgan fingerprint density at radius 1 is 1.32 bits per heavy atom. The van der Waals surface area contributed by atoms with Gasteiger partial charge in [0.05, 0.1) is 31.1 Å². The lowest BCUT2D eigenvalue weighted by atomic mass is 10.1. The molecule has 1 saturated heterocycles. The highest BCUT2D eigenvalue weighted by Crippen LogP contribution is 2.36. The van der Waals surface area contributed by atoms with E-state index < -0.39 is 9.84 Å². The van der Waals surface area contributed by atoms with Crippen molar-refractivity contribution in [3.05, 3.63) is 29.8 Å². The number of nitrogens with zero attached hydrogens (tertiary/aromatic N) is 2. The third-order valence-electron chi connectivity index (χ3n) is 4.31. The van der Waals surface area contributed by atoms with E-state index in [1.807, 2.05) is 24.3 Å². The molecule has 0 unspecified atom stereocenters. The first-order valence-corrected chi connectivity index (χ1v) is 11.0. The Hall–Kier alpha value is -1.54. The van der Waals surface area contributed by atoms with E-state index in [0.717, 1.165) is 29.4 Å². The van der Waals surface area contributed by atoms with E-state index >= 15 is 0 Å². The van der Waals surface area contributed by atoms with Gasteiger partial charge in [-0.2, -0.15) is 0 Å². The summed E-state index contributed by atoms with van der Waals surface area (Å²) < 4.78 is 28.2. The smallest absolute Gasteiger partial charge is 0.309 e. The molecule has 3 rings (SSSR count). The molecule has 8 heteroatoms. The second-order valence-electron chi connectivity index (χ2n) is 6.28. The van der Waals surface area contributed by atoms with Gasteiger partial charge in [0.25, 0.3) is 0 Å². The van der Waals surface area contributed by atoms with E-state index in [-0.39, 0.29) is 35.2 Å². The Labute approximate surface area is 152 Å². The van der Waals surface area contributed by atoms with Crippen LogP contribution in [0, 0.1) is 0 Å². The van der Waals surface area contributed by atoms with Crippen LogP contribution in [0.25, 0.3) is 0 Å². The van der Waals surface area contributed by atoms with Crippen LogP contribution in [0.4, 0.5) is 5.69 Å². The maximum absolute atomic E-state index is 11.7. The molecule has 0 bridgehead atoms. The number of benzene rings is 1. The first kappa shape index (κ1) is 18.3. The molecule has 2 heterocycles. The number of hydrogen-bond acceptors (Lipinski definition) is 7. The molecule has 2 aliphatic rings. The van der Waals surface area contributed by atoms with Gasteiger partial charge in [-0.05, 0) is 24.1 Å². The summed E-state index contributed by atoms with van der Waals surface area (Å²) in [7, 11) is -1.56. The second kappa shape index (κ2) is 7.37. The SMILES string of the molecule is CCCN(C1=N[C@H]2CS(=O)(=O)C[C@H]2S1)c1ccc(CC(=O)OC)cc1. The van der Waals surface area contributed by atoms with E-state index in [4.69, 9.17) is 0 Å². The molecule has 2 atom stereocenters. The molecular formula is C17H22N2O4S2. The van der Waals surface area contributed by atoms with Crippen molar-refractivity contribution >= 4 is 38.4 Å². The predicted octanol–water partition coefficient (Wildman–Crippen LogP) is 1.89. The fraction of sp³-hybridized carbons (Fsp3) is 0.529. The number of carbonyl (C=O) groups excluding carboxylic acids is 1. The minimum absolute atomic E-state index is 0.0398. The van der Waals surface area contributed by atoms with Crippen molar-refractivity contribution < 1.29 is 17.9 Å². The molecule has 25 heavy (non-hydrogen) atoms. The molecule has 0 aliphatic carbocycles. The number of amidine groups is 1. The molecule has 0 amide bonds. The molecule has 0 spiro atoms. The van der Waals surface area contributed by atoms with Crippen molar-refractivity contribution in [2.24, 2.45) is 4.99 Å². The number of esters is 1. The van der Waals surface area contributed by atoms with Crippen molar-refractivity contribution in [2.45, 2.75) is 31.1 Å². The molecular weight excluding hydrogens is 360 g/mol. The van der Waals surface area contributed by atoms with Crippen LogP contribution >= 0.6 is 11.8 Å². The van der Waals surface area contributed by atoms with E-state index in [1.54, 1.807) is 11.8 Å². The zero-order chi connectivity index (χ0) is 18.0. The number of ether oxygens (including phenoxy) is 1. The molecule has 0 saturated carbocycles. The number of fused-ring (bicyclic) bond motifs is 1. The van der Waals surface area contributed by atoms with Crippen LogP contribution in [0.5, 0.6) is 0 Å². The van der Waals surface area contributed by atoms with Crippen LogP contribution in [-0.2, 0) is 25.8 Å². The summed E-state index contributed by atoms with van der Waals surface area (Å²) >= 11 is 1.57. The third-order valence-corrected chi connectivity index (χ3v) is 7.55. The van der Waals surface area contributed by atoms with Gasteiger partial charge in [-0.3, -0.25) is 9.79 Å². The van der Waals surface area contributed by atoms with E-state index in [9.17, 15) is 13.2 Å². The Morgan fingerprint density at radius 3 is 2.64 bits per heavy atom. The minimum atomic E-state index is -2.94. The van der Waals surface area contributed by atoms with Crippen molar-refractivity contribution in [1.82, 2.24) is 0 Å². The molecule has 0 radical (unpaired) electrons. The van der Waals surface area contributed by atoms with Gasteiger partial charge in [-0.15, -0.1) is 0 Å². The number of carbonyl (C=O) groups is 1. The first-order valence-electron chi connectivity index (χ1n) is 8.30. The summed E-state index contributed by atoms with van der Waals surface area (Å²) in [5, 5.41) is 0.936. The Bertz CT molecular complexity index is 774. The zero-order valence-electron chi connectivity index (χ0n) is 14.3. The molecule has 1 aromatic carbocycles. The normalized spacial score (nSPS) is 23.8. The summed E-state index contributed by atoms with van der Waals surface area (Å²) in [6.07, 6.45) is 1.21. The second-order valence-corrected chi connectivity index (χ2v) is 9.64. The highest BCUT2D eigenvalue weighted by molar-refractivity contribution is 8.15. The van der Waals surface area contributed by atoms with Crippen molar-refractivity contribution in [2.75, 3.05) is 30.1 Å². The maximum atomic E-state index is 11.7. The summed E-state index contributed by atoms with van der Waals surface area (Å²) in [5.74, 6) is 0.113. The maximum Gasteiger partial charge on any atom is 0.309 e. The van der Waals surface area contributed by atoms with Crippen LogP contribution < -0.4 is 4.90 Å². The van der Waals surface area contributed by atoms with Crippen LogP contribution in [-0.4, -0.2) is 56.0 Å². The summed E-state index contributed by atoms with van der Waals surface area (Å²) in [4.78, 5) is 18.2. The number of rotatable bonds is 5. The van der Waals surface area contributed by atoms with Gasteiger partial charge in [-0.25, -0.2) is 8.42 Å². The summed E-state index contributed by atoms with van der Waals surface area (Å²) in [5.41, 5.74) is 1.90. The number of sulfone groups is 1. The van der Waals surface area contributed by atoms with Gasteiger partial charge >= 0.3 is 5.97 Å². The van der Waals surface area contributed by atoms with Gasteiger partial charge in [0.2, 0.25) is 0 Å². The fourth-order valence-electron chi connectivity index (χ4n) is 3.06. The number of hydrogen-bond donors (Lipinski definition) is 0. The molecule has 1 fully saturated rings. The quantitative estimate of drug-likeness (QED) is 0.724. The molecule has 136 valence electrons. The number of thioether (sulfide) groups is 1.